The van der Waals surface area contributed by atoms with E-state index in [-0.39, 0.29) is 17.2 Å². The molecule has 0 spiro atoms. The van der Waals surface area contributed by atoms with Gasteiger partial charge in [-0.2, -0.15) is 0 Å². The molecule has 0 fully saturated rings. The number of methoxy groups -OCH3 is 1. The highest BCUT2D eigenvalue weighted by Crippen LogP contribution is 2.26. The van der Waals surface area contributed by atoms with Crippen LogP contribution in [0.15, 0.2) is 23.1 Å². The molecule has 108 valence electrons. The van der Waals surface area contributed by atoms with Crippen LogP contribution in [-0.4, -0.2) is 33.3 Å². The van der Waals surface area contributed by atoms with Gasteiger partial charge in [-0.25, -0.2) is 13.1 Å². The highest BCUT2D eigenvalue weighted by Gasteiger charge is 2.19. The van der Waals surface area contributed by atoms with Gasteiger partial charge in [-0.1, -0.05) is 18.5 Å². The summed E-state index contributed by atoms with van der Waals surface area (Å²) in [7, 11) is -2.29. The van der Waals surface area contributed by atoms with E-state index in [1.807, 2.05) is 6.92 Å². The predicted octanol–water partition coefficient (Wildman–Crippen LogP) is 1.79. The largest absolute Gasteiger partial charge is 0.495 e. The molecule has 0 saturated heterocycles. The molecular formula is C12H18ClNO4S. The summed E-state index contributed by atoms with van der Waals surface area (Å²) in [4.78, 5) is 0.0328. The minimum absolute atomic E-state index is 0.0328. The normalized spacial score (nSPS) is 13.3. The molecule has 0 bridgehead atoms. The van der Waals surface area contributed by atoms with Gasteiger partial charge in [0, 0.05) is 17.6 Å². The van der Waals surface area contributed by atoms with Crippen molar-refractivity contribution in [1.82, 2.24) is 4.72 Å². The van der Waals surface area contributed by atoms with Crippen molar-refractivity contribution in [2.45, 2.75) is 30.8 Å². The molecule has 0 heterocycles. The minimum Gasteiger partial charge on any atom is -0.495 e. The van der Waals surface area contributed by atoms with Crippen LogP contribution in [0.4, 0.5) is 0 Å². The highest BCUT2D eigenvalue weighted by atomic mass is 35.5. The van der Waals surface area contributed by atoms with Gasteiger partial charge in [0.05, 0.1) is 13.2 Å². The van der Waals surface area contributed by atoms with Crippen molar-refractivity contribution in [2.24, 2.45) is 0 Å². The summed E-state index contributed by atoms with van der Waals surface area (Å²) in [5.74, 6) is 0.191. The molecule has 0 saturated carbocycles. The van der Waals surface area contributed by atoms with Crippen LogP contribution in [0, 0.1) is 0 Å². The van der Waals surface area contributed by atoms with Gasteiger partial charge in [0.1, 0.15) is 10.6 Å². The Hall–Kier alpha value is -0.820. The quantitative estimate of drug-likeness (QED) is 0.805. The molecule has 0 aliphatic heterocycles. The Morgan fingerprint density at radius 1 is 1.47 bits per heavy atom. The second-order valence-corrected chi connectivity index (χ2v) is 6.22. The van der Waals surface area contributed by atoms with E-state index in [1.165, 1.54) is 25.3 Å². The second kappa shape index (κ2) is 7.09. The average molecular weight is 308 g/mol. The molecule has 0 radical (unpaired) electrons. The Labute approximate surface area is 118 Å². The van der Waals surface area contributed by atoms with E-state index in [0.29, 0.717) is 17.9 Å². The van der Waals surface area contributed by atoms with E-state index in [2.05, 4.69) is 4.72 Å². The smallest absolute Gasteiger partial charge is 0.244 e. The molecule has 2 N–H and O–H groups in total. The van der Waals surface area contributed by atoms with Crippen LogP contribution in [0.3, 0.4) is 0 Å². The Kier molecular flexibility index (Phi) is 6.06. The van der Waals surface area contributed by atoms with Gasteiger partial charge in [0.2, 0.25) is 10.0 Å². The summed E-state index contributed by atoms with van der Waals surface area (Å²) in [6.07, 6.45) is 0.451. The maximum absolute atomic E-state index is 12.1. The topological polar surface area (TPSA) is 75.6 Å². The Balaban J connectivity index is 2.83. The molecular weight excluding hydrogens is 290 g/mol. The maximum Gasteiger partial charge on any atom is 0.244 e. The standard InChI is InChI=1S/C12H18ClNO4S/c1-3-10(15)6-7-14-19(16,17)12-5-4-9(13)8-11(12)18-2/h4-5,8,10,14-15H,3,6-7H2,1-2H3. The lowest BCUT2D eigenvalue weighted by Gasteiger charge is -2.12. The zero-order valence-electron chi connectivity index (χ0n) is 10.9. The summed E-state index contributed by atoms with van der Waals surface area (Å²) in [6, 6.07) is 4.32. The summed E-state index contributed by atoms with van der Waals surface area (Å²) in [5.41, 5.74) is 0. The molecule has 1 unspecified atom stereocenters. The van der Waals surface area contributed by atoms with Gasteiger partial charge in [0.25, 0.3) is 0 Å². The monoisotopic (exact) mass is 307 g/mol. The molecule has 0 aromatic heterocycles. The number of halogens is 1. The number of hydrogen-bond donors (Lipinski definition) is 2. The number of nitrogens with one attached hydrogen (secondary N) is 1. The fraction of sp³-hybridized carbons (Fsp3) is 0.500. The second-order valence-electron chi connectivity index (χ2n) is 4.04. The molecule has 1 aromatic rings. The number of ether oxygens (including phenoxy) is 1. The van der Waals surface area contributed by atoms with E-state index in [0.717, 1.165) is 0 Å². The van der Waals surface area contributed by atoms with Crippen molar-refractivity contribution < 1.29 is 18.3 Å². The minimum atomic E-state index is -3.67. The highest BCUT2D eigenvalue weighted by molar-refractivity contribution is 7.89. The van der Waals surface area contributed by atoms with Crippen LogP contribution in [0.2, 0.25) is 5.02 Å². The zero-order chi connectivity index (χ0) is 14.5. The third kappa shape index (κ3) is 4.65. The number of hydrogen-bond acceptors (Lipinski definition) is 4. The number of sulfonamides is 1. The van der Waals surface area contributed by atoms with Crippen LogP contribution in [0.1, 0.15) is 19.8 Å². The third-order valence-corrected chi connectivity index (χ3v) is 4.39. The van der Waals surface area contributed by atoms with Crippen LogP contribution in [0.5, 0.6) is 5.75 Å². The van der Waals surface area contributed by atoms with Gasteiger partial charge in [-0.15, -0.1) is 0 Å². The molecule has 19 heavy (non-hydrogen) atoms. The first-order valence-corrected chi connectivity index (χ1v) is 7.78. The van der Waals surface area contributed by atoms with Crippen molar-refractivity contribution >= 4 is 21.6 Å². The van der Waals surface area contributed by atoms with Crippen molar-refractivity contribution in [1.29, 1.82) is 0 Å². The van der Waals surface area contributed by atoms with E-state index >= 15 is 0 Å². The first-order valence-electron chi connectivity index (χ1n) is 5.92. The summed E-state index contributed by atoms with van der Waals surface area (Å²) in [5, 5.41) is 9.79. The van der Waals surface area contributed by atoms with E-state index in [1.54, 1.807) is 0 Å². The predicted molar refractivity (Wildman–Crippen MR) is 74.1 cm³/mol. The molecule has 0 amide bonds. The van der Waals surface area contributed by atoms with Crippen LogP contribution < -0.4 is 9.46 Å². The first-order chi connectivity index (χ1) is 8.90. The Morgan fingerprint density at radius 3 is 2.74 bits per heavy atom. The summed E-state index contributed by atoms with van der Waals surface area (Å²) < 4.78 is 31.6. The lowest BCUT2D eigenvalue weighted by atomic mass is 10.2. The van der Waals surface area contributed by atoms with Crippen molar-refractivity contribution in [3.8, 4) is 5.75 Å². The van der Waals surface area contributed by atoms with Gasteiger partial charge < -0.3 is 9.84 Å². The van der Waals surface area contributed by atoms with E-state index < -0.39 is 16.1 Å². The Bertz CT molecular complexity index is 518. The van der Waals surface area contributed by atoms with Crippen LogP contribution >= 0.6 is 11.6 Å². The van der Waals surface area contributed by atoms with E-state index in [4.69, 9.17) is 16.3 Å². The molecule has 1 rings (SSSR count). The van der Waals surface area contributed by atoms with Gasteiger partial charge >= 0.3 is 0 Å². The van der Waals surface area contributed by atoms with Gasteiger partial charge in [-0.05, 0) is 25.0 Å². The van der Waals surface area contributed by atoms with Gasteiger partial charge in [0.15, 0.2) is 0 Å². The number of aliphatic hydroxyl groups excluding tert-OH is 1. The zero-order valence-corrected chi connectivity index (χ0v) is 12.5. The number of rotatable bonds is 7. The molecule has 0 aliphatic carbocycles. The fourth-order valence-corrected chi connectivity index (χ4v) is 2.86. The lowest BCUT2D eigenvalue weighted by molar-refractivity contribution is 0.162. The third-order valence-electron chi connectivity index (χ3n) is 2.66. The molecule has 0 aliphatic rings. The van der Waals surface area contributed by atoms with E-state index in [9.17, 15) is 13.5 Å². The fourth-order valence-electron chi connectivity index (χ4n) is 1.51. The Morgan fingerprint density at radius 2 is 2.16 bits per heavy atom. The lowest BCUT2D eigenvalue weighted by Crippen LogP contribution is -2.27. The number of benzene rings is 1. The first kappa shape index (κ1) is 16.2. The maximum atomic E-state index is 12.1. The summed E-state index contributed by atoms with van der Waals surface area (Å²) in [6.45, 7) is 2.00. The van der Waals surface area contributed by atoms with Crippen LogP contribution in [0.25, 0.3) is 0 Å². The number of aliphatic hydroxyl groups is 1. The SMILES string of the molecule is CCC(O)CCNS(=O)(=O)c1ccc(Cl)cc1OC. The van der Waals surface area contributed by atoms with Crippen molar-refractivity contribution in [3.63, 3.8) is 0 Å². The average Bonchev–Trinajstić information content (AvgIpc) is 2.37. The van der Waals surface area contributed by atoms with Crippen LogP contribution in [-0.2, 0) is 10.0 Å². The van der Waals surface area contributed by atoms with Crippen molar-refractivity contribution in [3.05, 3.63) is 23.2 Å². The molecule has 1 atom stereocenters. The molecule has 1 aromatic carbocycles. The summed E-state index contributed by atoms with van der Waals surface area (Å²) >= 11 is 5.78. The molecule has 7 heteroatoms. The van der Waals surface area contributed by atoms with Gasteiger partial charge in [-0.3, -0.25) is 0 Å². The molecule has 5 nitrogen and oxygen atoms in total. The van der Waals surface area contributed by atoms with Crippen molar-refractivity contribution in [2.75, 3.05) is 13.7 Å².